The molecule has 5 aliphatic rings. The first-order valence-electron chi connectivity index (χ1n) is 12.8. The summed E-state index contributed by atoms with van der Waals surface area (Å²) >= 11 is 0. The van der Waals surface area contributed by atoms with Gasteiger partial charge in [-0.3, -0.25) is 9.59 Å². The smallest absolute Gasteiger partial charge is 0.302 e. The van der Waals surface area contributed by atoms with Crippen molar-refractivity contribution >= 4 is 11.8 Å². The van der Waals surface area contributed by atoms with Crippen LogP contribution in [-0.2, 0) is 23.8 Å². The van der Waals surface area contributed by atoms with Gasteiger partial charge in [0.05, 0.1) is 12.2 Å². The number of ketones is 1. The molecule has 0 aromatic heterocycles. The highest BCUT2D eigenvalue weighted by atomic mass is 16.7. The maximum atomic E-state index is 12.1. The highest BCUT2D eigenvalue weighted by Crippen LogP contribution is 2.70. The van der Waals surface area contributed by atoms with Crippen LogP contribution < -0.4 is 0 Å². The normalized spacial score (nSPS) is 47.8. The molecule has 1 heterocycles. The van der Waals surface area contributed by atoms with Crippen molar-refractivity contribution in [2.75, 3.05) is 6.61 Å². The fourth-order valence-corrected chi connectivity index (χ4v) is 8.48. The molecule has 0 aromatic carbocycles. The Balaban J connectivity index is 1.52. The van der Waals surface area contributed by atoms with Crippen molar-refractivity contribution in [3.63, 3.8) is 0 Å². The maximum absolute atomic E-state index is 12.1. The summed E-state index contributed by atoms with van der Waals surface area (Å²) in [5.74, 6) is -0.0629. The number of ether oxygens (including phenoxy) is 3. The van der Waals surface area contributed by atoms with Crippen LogP contribution in [0.25, 0.3) is 0 Å². The Morgan fingerprint density at radius 2 is 2.12 bits per heavy atom. The lowest BCUT2D eigenvalue weighted by atomic mass is 9.46. The van der Waals surface area contributed by atoms with Gasteiger partial charge >= 0.3 is 5.97 Å². The van der Waals surface area contributed by atoms with Gasteiger partial charge in [0.25, 0.3) is 0 Å². The summed E-state index contributed by atoms with van der Waals surface area (Å²) in [6, 6.07) is 0. The van der Waals surface area contributed by atoms with Crippen molar-refractivity contribution in [3.8, 4) is 0 Å². The molecule has 0 amide bonds. The van der Waals surface area contributed by atoms with Crippen LogP contribution in [0.3, 0.4) is 0 Å². The van der Waals surface area contributed by atoms with E-state index in [1.807, 2.05) is 6.08 Å². The molecule has 1 saturated heterocycles. The van der Waals surface area contributed by atoms with Crippen LogP contribution in [0, 0.1) is 28.6 Å². The minimum absolute atomic E-state index is 0.0112. The second kappa shape index (κ2) is 8.26. The molecule has 0 radical (unpaired) electrons. The number of aliphatic hydroxyl groups is 2. The first-order chi connectivity index (χ1) is 16.1. The van der Waals surface area contributed by atoms with Gasteiger partial charge in [0, 0.05) is 23.7 Å². The molecule has 4 unspecified atom stereocenters. The first kappa shape index (κ1) is 24.2. The van der Waals surface area contributed by atoms with Gasteiger partial charge in [-0.15, -0.1) is 0 Å². The topological polar surface area (TPSA) is 102 Å². The molecule has 0 spiro atoms. The predicted molar refractivity (Wildman–Crippen MR) is 123 cm³/mol. The second-order valence-corrected chi connectivity index (χ2v) is 11.5. The Bertz CT molecular complexity index is 926. The Morgan fingerprint density at radius 1 is 1.35 bits per heavy atom. The summed E-state index contributed by atoms with van der Waals surface area (Å²) in [4.78, 5) is 23.6. The van der Waals surface area contributed by atoms with Crippen molar-refractivity contribution in [1.82, 2.24) is 0 Å². The number of aliphatic hydroxyl groups excluding tert-OH is 2. The van der Waals surface area contributed by atoms with E-state index in [-0.39, 0.29) is 41.7 Å². The Kier molecular flexibility index (Phi) is 5.87. The van der Waals surface area contributed by atoms with Crippen LogP contribution in [0.15, 0.2) is 23.8 Å². The van der Waals surface area contributed by atoms with E-state index < -0.39 is 35.5 Å². The molecule has 3 saturated carbocycles. The first-order valence-corrected chi connectivity index (χ1v) is 12.8. The Morgan fingerprint density at radius 3 is 2.82 bits per heavy atom. The van der Waals surface area contributed by atoms with Crippen LogP contribution in [0.5, 0.6) is 0 Å². The minimum atomic E-state index is -1.05. The molecular formula is C27H38O7. The van der Waals surface area contributed by atoms with E-state index in [2.05, 4.69) is 20.8 Å². The summed E-state index contributed by atoms with van der Waals surface area (Å²) < 4.78 is 18.2. The summed E-state index contributed by atoms with van der Waals surface area (Å²) in [5.41, 5.74) is -0.840. The van der Waals surface area contributed by atoms with Crippen molar-refractivity contribution in [2.45, 2.75) is 96.4 Å². The van der Waals surface area contributed by atoms with Crippen molar-refractivity contribution in [2.24, 2.45) is 28.6 Å². The van der Waals surface area contributed by atoms with Crippen LogP contribution in [0.2, 0.25) is 0 Å². The van der Waals surface area contributed by atoms with Gasteiger partial charge in [-0.05, 0) is 56.1 Å². The number of fused-ring (bicyclic) bond motifs is 7. The summed E-state index contributed by atoms with van der Waals surface area (Å²) in [5, 5.41) is 23.2. The number of rotatable bonds is 5. The van der Waals surface area contributed by atoms with Crippen LogP contribution in [-0.4, -0.2) is 58.8 Å². The maximum Gasteiger partial charge on any atom is 0.302 e. The summed E-state index contributed by atoms with van der Waals surface area (Å²) in [7, 11) is 0. The third-order valence-electron chi connectivity index (χ3n) is 9.83. The zero-order valence-electron chi connectivity index (χ0n) is 20.7. The number of hydrogen-bond donors (Lipinski definition) is 2. The van der Waals surface area contributed by atoms with Crippen LogP contribution in [0.1, 0.15) is 66.2 Å². The van der Waals surface area contributed by atoms with Crippen molar-refractivity contribution in [1.29, 1.82) is 0 Å². The summed E-state index contributed by atoms with van der Waals surface area (Å²) in [6.45, 7) is 7.52. The lowest BCUT2D eigenvalue weighted by molar-refractivity contribution is -0.232. The number of hydrogen-bond acceptors (Lipinski definition) is 7. The molecular weight excluding hydrogens is 436 g/mol. The van der Waals surface area contributed by atoms with Crippen LogP contribution >= 0.6 is 0 Å². The van der Waals surface area contributed by atoms with Crippen molar-refractivity contribution < 1.29 is 34.0 Å². The van der Waals surface area contributed by atoms with Gasteiger partial charge in [-0.25, -0.2) is 0 Å². The highest BCUT2D eigenvalue weighted by Gasteiger charge is 2.75. The lowest BCUT2D eigenvalue weighted by Gasteiger charge is -2.60. The second-order valence-electron chi connectivity index (χ2n) is 11.5. The number of allylic oxidation sites excluding steroid dienone is 4. The fraction of sp³-hybridized carbons (Fsp3) is 0.778. The SMILES string of the molecule is CCCC1O[C@@H]2C[C@H]3C4CCC5=CC(=O)C=C[C@]5(C)[C@H]4[C@@H](O)CC3(C)[C@]2(C(O)COC(C)=O)O1. The zero-order valence-corrected chi connectivity index (χ0v) is 20.7. The third-order valence-corrected chi connectivity index (χ3v) is 9.83. The largest absolute Gasteiger partial charge is 0.463 e. The minimum Gasteiger partial charge on any atom is -0.463 e. The fourth-order valence-electron chi connectivity index (χ4n) is 8.48. The Hall–Kier alpha value is -1.54. The van der Waals surface area contributed by atoms with E-state index in [9.17, 15) is 19.8 Å². The van der Waals surface area contributed by atoms with Crippen molar-refractivity contribution in [3.05, 3.63) is 23.8 Å². The van der Waals surface area contributed by atoms with E-state index in [4.69, 9.17) is 14.2 Å². The molecule has 0 aromatic rings. The molecule has 4 aliphatic carbocycles. The van der Waals surface area contributed by atoms with Gasteiger partial charge in [-0.2, -0.15) is 0 Å². The molecule has 7 nitrogen and oxygen atoms in total. The molecule has 5 rings (SSSR count). The molecule has 188 valence electrons. The molecule has 0 bridgehead atoms. The van der Waals surface area contributed by atoms with Gasteiger partial charge in [0.2, 0.25) is 0 Å². The third kappa shape index (κ3) is 3.23. The standard InChI is InChI=1S/C27H38O7/c1-5-6-23-33-22-12-19-18-8-7-16-11-17(29)9-10-25(16,3)24(18)20(30)13-26(19,4)27(22,34-23)21(31)14-32-15(2)28/h9-11,18-24,30-31H,5-8,12-14H2,1-4H3/t18?,19-,20-,21?,22+,23?,24+,25-,26?,27+/m0/s1. The predicted octanol–water partition coefficient (Wildman–Crippen LogP) is 3.08. The molecule has 7 heteroatoms. The number of carbonyl (C=O) groups is 2. The van der Waals surface area contributed by atoms with E-state index in [1.54, 1.807) is 12.2 Å². The summed E-state index contributed by atoms with van der Waals surface area (Å²) in [6.07, 6.45) is 7.48. The molecule has 2 N–H and O–H groups in total. The quantitative estimate of drug-likeness (QED) is 0.591. The molecule has 4 fully saturated rings. The monoisotopic (exact) mass is 474 g/mol. The van der Waals surface area contributed by atoms with E-state index in [0.29, 0.717) is 6.42 Å². The number of carbonyl (C=O) groups excluding carboxylic acids is 2. The molecule has 1 aliphatic heterocycles. The highest BCUT2D eigenvalue weighted by molar-refractivity contribution is 6.01. The van der Waals surface area contributed by atoms with Gasteiger partial charge in [0.15, 0.2) is 12.1 Å². The average Bonchev–Trinajstić information content (AvgIpc) is 3.25. The van der Waals surface area contributed by atoms with Crippen LogP contribution in [0.4, 0.5) is 0 Å². The van der Waals surface area contributed by atoms with Gasteiger partial charge < -0.3 is 24.4 Å². The van der Waals surface area contributed by atoms with E-state index in [0.717, 1.165) is 37.7 Å². The van der Waals surface area contributed by atoms with Gasteiger partial charge in [-0.1, -0.05) is 38.8 Å². The van der Waals surface area contributed by atoms with E-state index >= 15 is 0 Å². The van der Waals surface area contributed by atoms with Gasteiger partial charge in [0.1, 0.15) is 18.3 Å². The number of esters is 1. The Labute approximate surface area is 201 Å². The average molecular weight is 475 g/mol. The zero-order chi connectivity index (χ0) is 24.5. The molecule has 10 atom stereocenters. The van der Waals surface area contributed by atoms with E-state index in [1.165, 1.54) is 6.92 Å². The lowest BCUT2D eigenvalue weighted by Crippen LogP contribution is -2.65. The molecule has 34 heavy (non-hydrogen) atoms.